The van der Waals surface area contributed by atoms with Crippen molar-refractivity contribution < 1.29 is 4.74 Å². The highest BCUT2D eigenvalue weighted by Crippen LogP contribution is 2.45. The fourth-order valence-corrected chi connectivity index (χ4v) is 3.67. The van der Waals surface area contributed by atoms with E-state index in [9.17, 15) is 5.26 Å². The first kappa shape index (κ1) is 12.7. The Balaban J connectivity index is 1.85. The average Bonchev–Trinajstić information content (AvgIpc) is 2.92. The Hall–Kier alpha value is -1.33. The molecule has 2 heteroatoms. The molecule has 0 saturated carbocycles. The molecule has 1 aliphatic heterocycles. The van der Waals surface area contributed by atoms with Crippen LogP contribution in [0.2, 0.25) is 0 Å². The number of nitrogens with zero attached hydrogens (tertiary/aromatic N) is 1. The van der Waals surface area contributed by atoms with E-state index in [0.717, 1.165) is 32.1 Å². The molecule has 2 atom stereocenters. The van der Waals surface area contributed by atoms with Crippen molar-refractivity contribution in [1.29, 1.82) is 5.26 Å². The van der Waals surface area contributed by atoms with Crippen LogP contribution in [0.3, 0.4) is 0 Å². The van der Waals surface area contributed by atoms with E-state index in [1.165, 1.54) is 11.1 Å². The highest BCUT2D eigenvalue weighted by atomic mass is 16.5. The average molecular weight is 255 g/mol. The predicted octanol–water partition coefficient (Wildman–Crippen LogP) is 3.74. The molecule has 3 rings (SSSR count). The molecule has 0 N–H and O–H groups in total. The first-order chi connectivity index (χ1) is 9.05. The zero-order valence-corrected chi connectivity index (χ0v) is 11.8. The Morgan fingerprint density at radius 1 is 1.32 bits per heavy atom. The van der Waals surface area contributed by atoms with Gasteiger partial charge in [0.2, 0.25) is 0 Å². The van der Waals surface area contributed by atoms with E-state index in [2.05, 4.69) is 44.2 Å². The highest BCUT2D eigenvalue weighted by molar-refractivity contribution is 5.44. The van der Waals surface area contributed by atoms with Crippen molar-refractivity contribution in [1.82, 2.24) is 0 Å². The predicted molar refractivity (Wildman–Crippen MR) is 74.9 cm³/mol. The van der Waals surface area contributed by atoms with Gasteiger partial charge in [0.15, 0.2) is 0 Å². The Morgan fingerprint density at radius 3 is 2.79 bits per heavy atom. The summed E-state index contributed by atoms with van der Waals surface area (Å²) in [5.41, 5.74) is 2.26. The summed E-state index contributed by atoms with van der Waals surface area (Å²) in [6, 6.07) is 11.0. The number of aryl methyl sites for hydroxylation is 1. The van der Waals surface area contributed by atoms with Crippen LogP contribution >= 0.6 is 0 Å². The van der Waals surface area contributed by atoms with Crippen molar-refractivity contribution in [2.75, 3.05) is 0 Å². The number of fused-ring (bicyclic) bond motifs is 1. The van der Waals surface area contributed by atoms with Crippen LogP contribution in [0.1, 0.15) is 50.7 Å². The van der Waals surface area contributed by atoms with Gasteiger partial charge in [-0.2, -0.15) is 5.26 Å². The molecule has 1 aliphatic carbocycles. The highest BCUT2D eigenvalue weighted by Gasteiger charge is 2.43. The molecular weight excluding hydrogens is 234 g/mol. The molecule has 2 aliphatic rings. The van der Waals surface area contributed by atoms with E-state index >= 15 is 0 Å². The van der Waals surface area contributed by atoms with Crippen molar-refractivity contribution >= 4 is 0 Å². The van der Waals surface area contributed by atoms with Crippen LogP contribution in [0.15, 0.2) is 24.3 Å². The molecule has 2 nitrogen and oxygen atoms in total. The van der Waals surface area contributed by atoms with Gasteiger partial charge in [-0.15, -0.1) is 0 Å². The van der Waals surface area contributed by atoms with Crippen LogP contribution < -0.4 is 0 Å². The van der Waals surface area contributed by atoms with E-state index in [1.54, 1.807) is 0 Å². The number of benzene rings is 1. The SMILES string of the molecule is CC1(C)CCC(CC2(C#N)CCc3ccccc32)O1. The number of nitriles is 1. The van der Waals surface area contributed by atoms with E-state index in [0.29, 0.717) is 0 Å². The van der Waals surface area contributed by atoms with Crippen LogP contribution in [0.4, 0.5) is 0 Å². The summed E-state index contributed by atoms with van der Waals surface area (Å²) < 4.78 is 6.10. The van der Waals surface area contributed by atoms with Crippen LogP contribution in [0, 0.1) is 11.3 Å². The molecule has 0 aromatic heterocycles. The second-order valence-corrected chi connectivity index (χ2v) is 6.59. The molecule has 0 bridgehead atoms. The molecule has 2 unspecified atom stereocenters. The second-order valence-electron chi connectivity index (χ2n) is 6.59. The first-order valence-corrected chi connectivity index (χ1v) is 7.22. The van der Waals surface area contributed by atoms with Gasteiger partial charge in [0.25, 0.3) is 0 Å². The third-order valence-electron chi connectivity index (χ3n) is 4.70. The Morgan fingerprint density at radius 2 is 2.11 bits per heavy atom. The molecule has 0 spiro atoms. The minimum absolute atomic E-state index is 0.0144. The summed E-state index contributed by atoms with van der Waals surface area (Å²) >= 11 is 0. The zero-order chi connectivity index (χ0) is 13.5. The summed E-state index contributed by atoms with van der Waals surface area (Å²) in [7, 11) is 0. The molecule has 1 aromatic rings. The number of rotatable bonds is 2. The molecule has 19 heavy (non-hydrogen) atoms. The standard InChI is InChI=1S/C17H21NO/c1-16(2)9-8-14(19-16)11-17(12-18)10-7-13-5-3-4-6-15(13)17/h3-6,14H,7-11H2,1-2H3. The first-order valence-electron chi connectivity index (χ1n) is 7.22. The van der Waals surface area contributed by atoms with E-state index in [1.807, 2.05) is 0 Å². The molecule has 100 valence electrons. The van der Waals surface area contributed by atoms with Gasteiger partial charge in [0.1, 0.15) is 0 Å². The van der Waals surface area contributed by atoms with Crippen molar-refractivity contribution in [3.05, 3.63) is 35.4 Å². The van der Waals surface area contributed by atoms with Crippen molar-refractivity contribution in [3.63, 3.8) is 0 Å². The smallest absolute Gasteiger partial charge is 0.0852 e. The lowest BCUT2D eigenvalue weighted by atomic mass is 9.78. The van der Waals surface area contributed by atoms with Gasteiger partial charge in [0, 0.05) is 0 Å². The Labute approximate surface area is 115 Å². The van der Waals surface area contributed by atoms with E-state index in [-0.39, 0.29) is 17.1 Å². The maximum Gasteiger partial charge on any atom is 0.0852 e. The van der Waals surface area contributed by atoms with Crippen molar-refractivity contribution in [3.8, 4) is 6.07 Å². The maximum absolute atomic E-state index is 9.75. The molecule has 1 aromatic carbocycles. The van der Waals surface area contributed by atoms with Gasteiger partial charge in [0.05, 0.1) is 23.2 Å². The lowest BCUT2D eigenvalue weighted by molar-refractivity contribution is -0.0242. The fourth-order valence-electron chi connectivity index (χ4n) is 3.67. The van der Waals surface area contributed by atoms with Gasteiger partial charge in [-0.3, -0.25) is 0 Å². The molecule has 1 saturated heterocycles. The van der Waals surface area contributed by atoms with E-state index < -0.39 is 0 Å². The summed E-state index contributed by atoms with van der Waals surface area (Å²) in [5.74, 6) is 0. The largest absolute Gasteiger partial charge is 0.372 e. The maximum atomic E-state index is 9.75. The molecule has 1 fully saturated rings. The number of ether oxygens (including phenoxy) is 1. The van der Waals surface area contributed by atoms with Crippen LogP contribution in [0.5, 0.6) is 0 Å². The quantitative estimate of drug-likeness (QED) is 0.806. The monoisotopic (exact) mass is 255 g/mol. The lowest BCUT2D eigenvalue weighted by Gasteiger charge is -2.27. The summed E-state index contributed by atoms with van der Waals surface area (Å²) in [5, 5.41) is 9.75. The number of hydrogen-bond donors (Lipinski definition) is 0. The molecule has 1 heterocycles. The topological polar surface area (TPSA) is 33.0 Å². The van der Waals surface area contributed by atoms with Crippen molar-refractivity contribution in [2.24, 2.45) is 0 Å². The van der Waals surface area contributed by atoms with Gasteiger partial charge < -0.3 is 4.74 Å². The number of hydrogen-bond acceptors (Lipinski definition) is 2. The third kappa shape index (κ3) is 2.17. The van der Waals surface area contributed by atoms with Crippen molar-refractivity contribution in [2.45, 2.75) is 63.1 Å². The Bertz CT molecular complexity index is 528. The molecule has 0 amide bonds. The van der Waals surface area contributed by atoms with Gasteiger partial charge in [-0.25, -0.2) is 0 Å². The summed E-state index contributed by atoms with van der Waals surface area (Å²) in [4.78, 5) is 0. The van der Waals surface area contributed by atoms with Crippen LogP contribution in [0.25, 0.3) is 0 Å². The Kier molecular flexibility index (Phi) is 2.91. The van der Waals surface area contributed by atoms with E-state index in [4.69, 9.17) is 4.74 Å². The zero-order valence-electron chi connectivity index (χ0n) is 11.8. The summed E-state index contributed by atoms with van der Waals surface area (Å²) in [6.45, 7) is 4.29. The van der Waals surface area contributed by atoms with Gasteiger partial charge >= 0.3 is 0 Å². The lowest BCUT2D eigenvalue weighted by Crippen LogP contribution is -2.29. The molecule has 0 radical (unpaired) electrons. The summed E-state index contributed by atoms with van der Waals surface area (Å²) in [6.07, 6.45) is 5.24. The van der Waals surface area contributed by atoms with Crippen LogP contribution in [-0.4, -0.2) is 11.7 Å². The second kappa shape index (κ2) is 4.35. The van der Waals surface area contributed by atoms with Gasteiger partial charge in [-0.1, -0.05) is 24.3 Å². The minimum atomic E-state index is -0.318. The minimum Gasteiger partial charge on any atom is -0.372 e. The third-order valence-corrected chi connectivity index (χ3v) is 4.70. The fraction of sp³-hybridized carbons (Fsp3) is 0.588. The van der Waals surface area contributed by atoms with Crippen LogP contribution in [-0.2, 0) is 16.6 Å². The normalized spacial score (nSPS) is 31.9. The van der Waals surface area contributed by atoms with Gasteiger partial charge in [-0.05, 0) is 57.1 Å². The molecular formula is C17H21NO.